The zero-order chi connectivity index (χ0) is 16.2. The summed E-state index contributed by atoms with van der Waals surface area (Å²) in [7, 11) is -3.79. The molecule has 21 heavy (non-hydrogen) atoms. The molecule has 0 radical (unpaired) electrons. The Kier molecular flexibility index (Phi) is 6.33. The summed E-state index contributed by atoms with van der Waals surface area (Å²) in [6.07, 6.45) is 0.487. The molecule has 0 aliphatic carbocycles. The van der Waals surface area contributed by atoms with Crippen molar-refractivity contribution in [2.24, 2.45) is 5.92 Å². The van der Waals surface area contributed by atoms with Crippen molar-refractivity contribution in [3.8, 4) is 0 Å². The van der Waals surface area contributed by atoms with E-state index in [2.05, 4.69) is 20.7 Å². The molecule has 0 aromatic heterocycles. The Morgan fingerprint density at radius 3 is 2.57 bits per heavy atom. The summed E-state index contributed by atoms with van der Waals surface area (Å²) in [6, 6.07) is 2.52. The number of aromatic carboxylic acids is 1. The predicted molar refractivity (Wildman–Crippen MR) is 81.9 cm³/mol. The molecule has 0 amide bonds. The Balaban J connectivity index is 3.06. The summed E-state index contributed by atoms with van der Waals surface area (Å²) in [4.78, 5) is 11.0. The minimum Gasteiger partial charge on any atom is -0.478 e. The number of hydrogen-bond acceptors (Lipinski definition) is 4. The number of rotatable bonds is 7. The second-order valence-electron chi connectivity index (χ2n) is 4.85. The number of nitrogens with one attached hydrogen (secondary N) is 1. The summed E-state index contributed by atoms with van der Waals surface area (Å²) in [5.74, 6) is -1.20. The quantitative estimate of drug-likeness (QED) is 0.669. The number of aliphatic hydroxyl groups is 1. The van der Waals surface area contributed by atoms with E-state index in [1.807, 2.05) is 6.92 Å². The molecule has 1 atom stereocenters. The van der Waals surface area contributed by atoms with Crippen molar-refractivity contribution in [1.82, 2.24) is 4.72 Å². The monoisotopic (exact) mass is 379 g/mol. The minimum absolute atomic E-state index is 0.0118. The van der Waals surface area contributed by atoms with E-state index in [1.54, 1.807) is 6.92 Å². The van der Waals surface area contributed by atoms with E-state index in [1.165, 1.54) is 6.07 Å². The summed E-state index contributed by atoms with van der Waals surface area (Å²) < 4.78 is 27.2. The molecule has 0 spiro atoms. The van der Waals surface area contributed by atoms with Gasteiger partial charge < -0.3 is 10.2 Å². The van der Waals surface area contributed by atoms with Gasteiger partial charge in [0.05, 0.1) is 10.5 Å². The van der Waals surface area contributed by atoms with E-state index in [9.17, 15) is 13.2 Å². The van der Waals surface area contributed by atoms with Gasteiger partial charge in [-0.2, -0.15) is 0 Å². The van der Waals surface area contributed by atoms with E-state index in [0.717, 1.165) is 6.07 Å². The van der Waals surface area contributed by atoms with Gasteiger partial charge in [-0.1, -0.05) is 22.9 Å². The highest BCUT2D eigenvalue weighted by Crippen LogP contribution is 2.25. The van der Waals surface area contributed by atoms with Crippen molar-refractivity contribution in [2.75, 3.05) is 13.2 Å². The topological polar surface area (TPSA) is 104 Å². The molecule has 0 bridgehead atoms. The molecule has 0 aliphatic heterocycles. The average Bonchev–Trinajstić information content (AvgIpc) is 2.39. The molecule has 3 N–H and O–H groups in total. The predicted octanol–water partition coefficient (Wildman–Crippen LogP) is 1.75. The van der Waals surface area contributed by atoms with Crippen LogP contribution >= 0.6 is 15.9 Å². The number of aliphatic hydroxyl groups excluding tert-OH is 1. The van der Waals surface area contributed by atoms with Crippen LogP contribution in [0.25, 0.3) is 0 Å². The molecule has 1 aromatic rings. The van der Waals surface area contributed by atoms with Crippen molar-refractivity contribution in [2.45, 2.75) is 25.2 Å². The lowest BCUT2D eigenvalue weighted by Crippen LogP contribution is -2.29. The van der Waals surface area contributed by atoms with Gasteiger partial charge in [0, 0.05) is 17.6 Å². The highest BCUT2D eigenvalue weighted by atomic mass is 79.9. The van der Waals surface area contributed by atoms with Crippen molar-refractivity contribution in [1.29, 1.82) is 0 Å². The van der Waals surface area contributed by atoms with Crippen LogP contribution in [0.2, 0.25) is 0 Å². The summed E-state index contributed by atoms with van der Waals surface area (Å²) in [5, 5.41) is 17.9. The molecular weight excluding hydrogens is 362 g/mol. The van der Waals surface area contributed by atoms with Crippen molar-refractivity contribution in [3.63, 3.8) is 0 Å². The third kappa shape index (κ3) is 4.77. The highest BCUT2D eigenvalue weighted by molar-refractivity contribution is 9.10. The number of carboxylic acids is 1. The average molecular weight is 380 g/mol. The maximum absolute atomic E-state index is 12.2. The Hall–Kier alpha value is -0.960. The number of benzene rings is 1. The Morgan fingerprint density at radius 1 is 1.43 bits per heavy atom. The fourth-order valence-electron chi connectivity index (χ4n) is 1.69. The van der Waals surface area contributed by atoms with Gasteiger partial charge in [0.25, 0.3) is 0 Å². The Bertz CT molecular complexity index is 630. The van der Waals surface area contributed by atoms with Crippen LogP contribution in [0.4, 0.5) is 0 Å². The van der Waals surface area contributed by atoms with Crippen LogP contribution in [0.1, 0.15) is 29.3 Å². The lowest BCUT2D eigenvalue weighted by Gasteiger charge is -2.13. The maximum atomic E-state index is 12.2. The molecule has 1 unspecified atom stereocenters. The first kappa shape index (κ1) is 18.1. The van der Waals surface area contributed by atoms with Crippen LogP contribution in [0.5, 0.6) is 0 Å². The number of hydrogen-bond donors (Lipinski definition) is 3. The van der Waals surface area contributed by atoms with E-state index in [4.69, 9.17) is 10.2 Å². The smallest absolute Gasteiger partial charge is 0.336 e. The fourth-order valence-corrected chi connectivity index (χ4v) is 3.52. The molecule has 8 heteroatoms. The zero-order valence-corrected chi connectivity index (χ0v) is 14.2. The third-order valence-corrected chi connectivity index (χ3v) is 5.33. The van der Waals surface area contributed by atoms with Crippen LogP contribution < -0.4 is 4.72 Å². The molecular formula is C13H18BrNO5S. The second kappa shape index (κ2) is 7.35. The Morgan fingerprint density at radius 2 is 2.05 bits per heavy atom. The molecule has 1 aromatic carbocycles. The third-order valence-electron chi connectivity index (χ3n) is 3.10. The van der Waals surface area contributed by atoms with Crippen molar-refractivity contribution >= 4 is 31.9 Å². The first-order chi connectivity index (χ1) is 9.69. The lowest BCUT2D eigenvalue weighted by atomic mass is 10.1. The van der Waals surface area contributed by atoms with Gasteiger partial charge in [0.1, 0.15) is 0 Å². The summed E-state index contributed by atoms with van der Waals surface area (Å²) in [5.41, 5.74) is 0.406. The van der Waals surface area contributed by atoms with Gasteiger partial charge in [-0.05, 0) is 37.0 Å². The van der Waals surface area contributed by atoms with Crippen LogP contribution in [0.15, 0.2) is 21.5 Å². The maximum Gasteiger partial charge on any atom is 0.336 e. The van der Waals surface area contributed by atoms with Gasteiger partial charge >= 0.3 is 5.97 Å². The van der Waals surface area contributed by atoms with Crippen LogP contribution in [0, 0.1) is 12.8 Å². The van der Waals surface area contributed by atoms with Crippen LogP contribution in [-0.2, 0) is 10.0 Å². The first-order valence-corrected chi connectivity index (χ1v) is 8.60. The molecule has 0 saturated heterocycles. The first-order valence-electron chi connectivity index (χ1n) is 6.33. The van der Waals surface area contributed by atoms with E-state index in [0.29, 0.717) is 16.5 Å². The molecule has 1 rings (SSSR count). The van der Waals surface area contributed by atoms with Crippen LogP contribution in [-0.4, -0.2) is 37.8 Å². The van der Waals surface area contributed by atoms with Gasteiger partial charge in [-0.25, -0.2) is 17.9 Å². The summed E-state index contributed by atoms with van der Waals surface area (Å²) >= 11 is 3.17. The van der Waals surface area contributed by atoms with Gasteiger partial charge in [0.15, 0.2) is 0 Å². The molecule has 118 valence electrons. The number of sulfonamides is 1. The van der Waals surface area contributed by atoms with Gasteiger partial charge in [0.2, 0.25) is 10.0 Å². The zero-order valence-electron chi connectivity index (χ0n) is 11.8. The van der Waals surface area contributed by atoms with E-state index >= 15 is 0 Å². The Labute approximate surface area is 132 Å². The molecule has 0 heterocycles. The molecule has 6 nitrogen and oxygen atoms in total. The number of halogens is 1. The number of carboxylic acid groups (broad SMARTS) is 1. The second-order valence-corrected chi connectivity index (χ2v) is 7.47. The molecule has 0 fully saturated rings. The minimum atomic E-state index is -3.79. The molecule has 0 saturated carbocycles. The van der Waals surface area contributed by atoms with Crippen molar-refractivity contribution < 1.29 is 23.4 Å². The van der Waals surface area contributed by atoms with E-state index in [-0.39, 0.29) is 29.5 Å². The normalized spacial score (nSPS) is 13.1. The van der Waals surface area contributed by atoms with Gasteiger partial charge in [-0.15, -0.1) is 0 Å². The van der Waals surface area contributed by atoms with Gasteiger partial charge in [-0.3, -0.25) is 0 Å². The number of carbonyl (C=O) groups is 1. The SMILES string of the molecule is Cc1c(Br)cc(S(=O)(=O)NCC(C)CCO)cc1C(=O)O. The van der Waals surface area contributed by atoms with Crippen LogP contribution in [0.3, 0.4) is 0 Å². The summed E-state index contributed by atoms with van der Waals surface area (Å²) in [6.45, 7) is 3.58. The lowest BCUT2D eigenvalue weighted by molar-refractivity contribution is 0.0695. The highest BCUT2D eigenvalue weighted by Gasteiger charge is 2.20. The van der Waals surface area contributed by atoms with Crippen molar-refractivity contribution in [3.05, 3.63) is 27.7 Å². The largest absolute Gasteiger partial charge is 0.478 e. The standard InChI is InChI=1S/C13H18BrNO5S/c1-8(3-4-16)7-15-21(19,20)10-5-11(13(17)18)9(2)12(14)6-10/h5-6,8,15-16H,3-4,7H2,1-2H3,(H,17,18). The fraction of sp³-hybridized carbons (Fsp3) is 0.462. The van der Waals surface area contributed by atoms with E-state index < -0.39 is 16.0 Å². The molecule has 0 aliphatic rings.